The molecule has 6 aromatic rings. The van der Waals surface area contributed by atoms with Gasteiger partial charge in [0.1, 0.15) is 22.9 Å². The van der Waals surface area contributed by atoms with Crippen LogP contribution in [-0.4, -0.2) is 56.8 Å². The monoisotopic (exact) mass is 963 g/mol. The van der Waals surface area contributed by atoms with Crippen molar-refractivity contribution >= 4 is 123 Å². The zero-order valence-corrected chi connectivity index (χ0v) is 42.4. The van der Waals surface area contributed by atoms with Crippen LogP contribution in [0, 0.1) is 0 Å². The Kier molecular flexibility index (Phi) is 26.7. The van der Waals surface area contributed by atoms with Crippen molar-refractivity contribution in [1.82, 2.24) is 29.9 Å². The van der Waals surface area contributed by atoms with Crippen LogP contribution in [0.4, 0.5) is 34.6 Å². The predicted octanol–water partition coefficient (Wildman–Crippen LogP) is 3.39. The molecule has 0 saturated carbocycles. The van der Waals surface area contributed by atoms with Crippen LogP contribution in [-0.2, 0) is 14.2 Å². The number of para-hydroxylation sites is 2. The minimum Gasteiger partial charge on any atom is -1.00 e. The van der Waals surface area contributed by atoms with Crippen molar-refractivity contribution in [2.24, 2.45) is 0 Å². The number of benzene rings is 3. The van der Waals surface area contributed by atoms with Gasteiger partial charge in [-0.3, -0.25) is 4.79 Å². The smallest absolute Gasteiger partial charge is 1.00 e. The van der Waals surface area contributed by atoms with Gasteiger partial charge in [-0.25, -0.2) is 19.9 Å². The molecule has 3 heterocycles. The summed E-state index contributed by atoms with van der Waals surface area (Å²) in [6.45, 7) is 3.26. The largest absolute Gasteiger partial charge is 1.00 e. The molecule has 23 heteroatoms. The molecule has 0 aliphatic rings. The maximum atomic E-state index is 12.3. The summed E-state index contributed by atoms with van der Waals surface area (Å²) in [5.41, 5.74) is 2.43. The van der Waals surface area contributed by atoms with E-state index in [4.69, 9.17) is 84.4 Å². The normalized spacial score (nSPS) is 9.79. The fourth-order valence-corrected chi connectivity index (χ4v) is 5.50. The molecule has 3 N–H and O–H groups in total. The van der Waals surface area contributed by atoms with Crippen molar-refractivity contribution in [2.45, 2.75) is 0 Å². The number of anilines is 6. The van der Waals surface area contributed by atoms with Crippen LogP contribution < -0.4 is 134 Å². The molecule has 0 saturated heterocycles. The van der Waals surface area contributed by atoms with Gasteiger partial charge in [-0.05, 0) is 79.0 Å². The minimum atomic E-state index is -2.38. The van der Waals surface area contributed by atoms with Crippen molar-refractivity contribution < 1.29 is 128 Å². The standard InChI is InChI=1S/C19H20ClN4O2P.C10H7Cl2N3.C4HCl3N2.CH2O3.2K.H/c1-26-17-11-14(27(2,3)25)9-10-16(17)23-19-21-12-15(20)18(24-19)22-13-7-5-4-6-8-13;11-8-6-13-10(12)15-9(8)14-7-4-2-1-3-5-7;5-2-1-8-4(7)9-3(2)6;2-1-4-3;;;/h4-12H,1-3H3,(H2,21,22,23,24);1-6H,(H,13,14,15);1H;1,3H;;;/q;;;;2*+1;-1/p-1. The molecule has 0 fully saturated rings. The molecule has 290 valence electrons. The summed E-state index contributed by atoms with van der Waals surface area (Å²) in [6.07, 6.45) is 4.33. The third kappa shape index (κ3) is 19.8. The number of hydrogen-bond acceptors (Lipinski definition) is 14. The van der Waals surface area contributed by atoms with Crippen LogP contribution in [0.25, 0.3) is 0 Å². The van der Waals surface area contributed by atoms with Gasteiger partial charge < -0.3 is 36.8 Å². The van der Waals surface area contributed by atoms with Gasteiger partial charge in [0.05, 0.1) is 36.4 Å². The first kappa shape index (κ1) is 53.8. The van der Waals surface area contributed by atoms with Crippen molar-refractivity contribution in [3.63, 3.8) is 0 Å². The van der Waals surface area contributed by atoms with Gasteiger partial charge in [-0.2, -0.15) is 9.97 Å². The minimum absolute atomic E-state index is 0. The Bertz CT molecular complexity index is 2210. The fraction of sp³-hybridized carbons (Fsp3) is 0.0882. The number of carbonyl (C=O) groups is 1. The van der Waals surface area contributed by atoms with E-state index < -0.39 is 7.14 Å². The average Bonchev–Trinajstić information content (AvgIpc) is 3.17. The van der Waals surface area contributed by atoms with Crippen molar-refractivity contribution in [1.29, 1.82) is 0 Å². The van der Waals surface area contributed by atoms with Crippen LogP contribution in [0.2, 0.25) is 30.8 Å². The maximum Gasteiger partial charge on any atom is 1.00 e. The molecule has 0 unspecified atom stereocenters. The Morgan fingerprint density at radius 2 is 1.16 bits per heavy atom. The molecule has 57 heavy (non-hydrogen) atoms. The van der Waals surface area contributed by atoms with E-state index in [0.29, 0.717) is 44.1 Å². The number of carbonyl (C=O) groups excluding carboxylic acids is 1. The quantitative estimate of drug-likeness (QED) is 0.0364. The van der Waals surface area contributed by atoms with E-state index in [1.165, 1.54) is 18.6 Å². The second kappa shape index (κ2) is 28.3. The van der Waals surface area contributed by atoms with E-state index in [2.05, 4.69) is 50.7 Å². The molecule has 0 bridgehead atoms. The molecule has 0 atom stereocenters. The van der Waals surface area contributed by atoms with Crippen LogP contribution in [0.3, 0.4) is 0 Å². The molecular formula is C34H30Cl6K2N9O5P. The van der Waals surface area contributed by atoms with Crippen LogP contribution >= 0.6 is 76.7 Å². The van der Waals surface area contributed by atoms with Gasteiger partial charge in [0, 0.05) is 16.7 Å². The SMILES string of the molecule is COc1cc(P(C)(C)=O)ccc1Nc1ncc(Cl)c(Nc2ccccc2)n1.Clc1ncc(Cl)c(Cl)n1.Clc1ncc(Cl)c(Nc2ccccc2)n1.O=CO[O-].[H-].[K+].[K+]. The summed E-state index contributed by atoms with van der Waals surface area (Å²) in [7, 11) is -0.819. The summed E-state index contributed by atoms with van der Waals surface area (Å²) < 4.78 is 17.7. The van der Waals surface area contributed by atoms with Crippen molar-refractivity contribution in [3.8, 4) is 5.75 Å². The number of hydrogen-bond donors (Lipinski definition) is 3. The third-order valence-corrected chi connectivity index (χ3v) is 9.40. The van der Waals surface area contributed by atoms with Gasteiger partial charge in [-0.15, -0.1) is 0 Å². The van der Waals surface area contributed by atoms with Gasteiger partial charge >= 0.3 is 103 Å². The fourth-order valence-electron chi connectivity index (χ4n) is 3.83. The molecule has 14 nitrogen and oxygen atoms in total. The number of nitrogens with zero attached hydrogens (tertiary/aromatic N) is 6. The Morgan fingerprint density at radius 3 is 1.61 bits per heavy atom. The number of ether oxygens (including phenoxy) is 1. The summed E-state index contributed by atoms with van der Waals surface area (Å²) in [5, 5.41) is 20.1. The number of nitrogens with one attached hydrogen (secondary N) is 3. The van der Waals surface area contributed by atoms with Gasteiger partial charge in [0.15, 0.2) is 16.8 Å². The number of aromatic nitrogens is 6. The number of halogens is 6. The summed E-state index contributed by atoms with van der Waals surface area (Å²) >= 11 is 34.0. The molecule has 6 rings (SSSR count). The molecule has 3 aromatic carbocycles. The van der Waals surface area contributed by atoms with E-state index >= 15 is 0 Å². The molecule has 3 aromatic heterocycles. The Labute approximate surface area is 445 Å². The van der Waals surface area contributed by atoms with E-state index in [-0.39, 0.29) is 126 Å². The van der Waals surface area contributed by atoms with Gasteiger partial charge in [-0.1, -0.05) is 82.8 Å². The predicted molar refractivity (Wildman–Crippen MR) is 219 cm³/mol. The molecule has 0 radical (unpaired) electrons. The Balaban J connectivity index is 0.000000882. The molecule has 0 aliphatic carbocycles. The van der Waals surface area contributed by atoms with Crippen LogP contribution in [0.1, 0.15) is 1.43 Å². The van der Waals surface area contributed by atoms with E-state index in [1.54, 1.807) is 32.6 Å². The average molecular weight is 967 g/mol. The number of rotatable bonds is 9. The van der Waals surface area contributed by atoms with Gasteiger partial charge in [0.2, 0.25) is 16.5 Å². The van der Waals surface area contributed by atoms with Gasteiger partial charge in [0.25, 0.3) is 6.47 Å². The molecule has 0 aliphatic heterocycles. The molecule has 0 spiro atoms. The maximum absolute atomic E-state index is 12.3. The number of methoxy groups -OCH3 is 1. The molecule has 0 amide bonds. The van der Waals surface area contributed by atoms with Crippen LogP contribution in [0.5, 0.6) is 5.75 Å². The molecular weight excluding hydrogens is 936 g/mol. The zero-order valence-electron chi connectivity index (χ0n) is 31.8. The van der Waals surface area contributed by atoms with E-state index in [0.717, 1.165) is 16.7 Å². The topological polar surface area (TPSA) is 189 Å². The Morgan fingerprint density at radius 1 is 0.684 bits per heavy atom. The summed E-state index contributed by atoms with van der Waals surface area (Å²) in [6, 6.07) is 24.6. The van der Waals surface area contributed by atoms with Crippen molar-refractivity contribution in [3.05, 3.63) is 128 Å². The summed E-state index contributed by atoms with van der Waals surface area (Å²) in [5.74, 6) is 1.91. The van der Waals surface area contributed by atoms with E-state index in [1.807, 2.05) is 66.7 Å². The zero-order chi connectivity index (χ0) is 40.4. The Hall–Kier alpha value is -1.23. The first-order chi connectivity index (χ1) is 26.2. The first-order valence-electron chi connectivity index (χ1n) is 15.1. The van der Waals surface area contributed by atoms with Crippen LogP contribution in [0.15, 0.2) is 97.5 Å². The third-order valence-electron chi connectivity index (χ3n) is 6.30. The second-order valence-corrected chi connectivity index (χ2v) is 16.0. The second-order valence-electron chi connectivity index (χ2n) is 10.5. The first-order valence-corrected chi connectivity index (χ1v) is 20.0. The van der Waals surface area contributed by atoms with E-state index in [9.17, 15) is 4.57 Å². The summed E-state index contributed by atoms with van der Waals surface area (Å²) in [4.78, 5) is 34.8. The van der Waals surface area contributed by atoms with Crippen molar-refractivity contribution in [2.75, 3.05) is 36.4 Å².